The van der Waals surface area contributed by atoms with Crippen LogP contribution in [0.5, 0.6) is 17.2 Å². The van der Waals surface area contributed by atoms with E-state index in [9.17, 15) is 14.7 Å². The summed E-state index contributed by atoms with van der Waals surface area (Å²) in [5.74, 6) is -0.0174. The highest BCUT2D eigenvalue weighted by Gasteiger charge is 2.13. The minimum Gasteiger partial charge on any atom is -0.506 e. The molecule has 0 saturated heterocycles. The lowest BCUT2D eigenvalue weighted by Crippen LogP contribution is -2.15. The van der Waals surface area contributed by atoms with Crippen molar-refractivity contribution in [2.45, 2.75) is 6.42 Å². The average molecular weight is 345 g/mol. The number of benzene rings is 2. The van der Waals surface area contributed by atoms with Crippen molar-refractivity contribution in [2.75, 3.05) is 26.6 Å². The zero-order valence-electron chi connectivity index (χ0n) is 14.2. The van der Waals surface area contributed by atoms with Gasteiger partial charge in [-0.3, -0.25) is 4.79 Å². The summed E-state index contributed by atoms with van der Waals surface area (Å²) in [5, 5.41) is 12.5. The average Bonchev–Trinajstić information content (AvgIpc) is 2.62. The van der Waals surface area contributed by atoms with Gasteiger partial charge < -0.3 is 24.6 Å². The molecule has 2 aromatic carbocycles. The Hall–Kier alpha value is -3.22. The van der Waals surface area contributed by atoms with E-state index in [1.165, 1.54) is 39.5 Å². The van der Waals surface area contributed by atoms with Crippen molar-refractivity contribution < 1.29 is 28.9 Å². The number of rotatable bonds is 6. The lowest BCUT2D eigenvalue weighted by molar-refractivity contribution is -0.115. The quantitative estimate of drug-likeness (QED) is 0.617. The van der Waals surface area contributed by atoms with E-state index >= 15 is 0 Å². The molecule has 0 radical (unpaired) electrons. The summed E-state index contributed by atoms with van der Waals surface area (Å²) in [6.07, 6.45) is 0.0819. The molecule has 0 atom stereocenters. The third-order valence-electron chi connectivity index (χ3n) is 3.51. The van der Waals surface area contributed by atoms with Crippen molar-refractivity contribution in [3.8, 4) is 17.2 Å². The molecular formula is C18H19NO6. The molecule has 7 nitrogen and oxygen atoms in total. The van der Waals surface area contributed by atoms with Gasteiger partial charge in [-0.25, -0.2) is 4.79 Å². The molecule has 0 aliphatic heterocycles. The number of nitrogens with one attached hydrogen (secondary N) is 1. The number of aromatic hydroxyl groups is 1. The molecule has 2 aromatic rings. The smallest absolute Gasteiger partial charge is 0.337 e. The van der Waals surface area contributed by atoms with Crippen LogP contribution in [0.15, 0.2) is 36.4 Å². The SMILES string of the molecule is COC(=O)c1ccc(NC(=O)Cc2ccc(OC)c(OC)c2)c(O)c1. The normalized spacial score (nSPS) is 10.0. The van der Waals surface area contributed by atoms with E-state index in [-0.39, 0.29) is 29.3 Å². The summed E-state index contributed by atoms with van der Waals surface area (Å²) in [5.41, 5.74) is 1.12. The number of ether oxygens (including phenoxy) is 3. The molecule has 0 heterocycles. The summed E-state index contributed by atoms with van der Waals surface area (Å²) in [4.78, 5) is 23.6. The van der Waals surface area contributed by atoms with Crippen LogP contribution in [0.3, 0.4) is 0 Å². The molecule has 0 aliphatic carbocycles. The van der Waals surface area contributed by atoms with Crippen molar-refractivity contribution in [1.29, 1.82) is 0 Å². The summed E-state index contributed by atoms with van der Waals surface area (Å²) in [6, 6.07) is 9.30. The highest BCUT2D eigenvalue weighted by atomic mass is 16.5. The van der Waals surface area contributed by atoms with E-state index in [4.69, 9.17) is 9.47 Å². The van der Waals surface area contributed by atoms with Crippen LogP contribution in [-0.4, -0.2) is 38.3 Å². The highest BCUT2D eigenvalue weighted by Crippen LogP contribution is 2.28. The second-order valence-electron chi connectivity index (χ2n) is 5.14. The number of phenols is 1. The van der Waals surface area contributed by atoms with Crippen LogP contribution in [0.25, 0.3) is 0 Å². The predicted octanol–water partition coefficient (Wildman–Crippen LogP) is 2.38. The fourth-order valence-corrected chi connectivity index (χ4v) is 2.25. The summed E-state index contributed by atoms with van der Waals surface area (Å²) in [6.45, 7) is 0. The van der Waals surface area contributed by atoms with E-state index in [2.05, 4.69) is 10.1 Å². The standard InChI is InChI=1S/C18H19NO6/c1-23-15-7-4-11(8-16(15)24-2)9-17(21)19-13-6-5-12(10-14(13)20)18(22)25-3/h4-8,10,20H,9H2,1-3H3,(H,19,21). The molecule has 2 rings (SSSR count). The summed E-state index contributed by atoms with van der Waals surface area (Å²) < 4.78 is 14.9. The molecule has 25 heavy (non-hydrogen) atoms. The van der Waals surface area contributed by atoms with Gasteiger partial charge in [-0.2, -0.15) is 0 Å². The molecule has 0 aromatic heterocycles. The minimum atomic E-state index is -0.571. The van der Waals surface area contributed by atoms with Crippen molar-refractivity contribution in [3.05, 3.63) is 47.5 Å². The van der Waals surface area contributed by atoms with Crippen molar-refractivity contribution in [3.63, 3.8) is 0 Å². The van der Waals surface area contributed by atoms with Gasteiger partial charge in [-0.05, 0) is 35.9 Å². The first-order chi connectivity index (χ1) is 12.0. The maximum absolute atomic E-state index is 12.2. The van der Waals surface area contributed by atoms with Crippen LogP contribution in [0.4, 0.5) is 5.69 Å². The number of phenolic OH excluding ortho intramolecular Hbond substituents is 1. The van der Waals surface area contributed by atoms with E-state index < -0.39 is 5.97 Å². The second kappa shape index (κ2) is 8.05. The molecule has 0 spiro atoms. The maximum Gasteiger partial charge on any atom is 0.337 e. The Morgan fingerprint density at radius 3 is 2.32 bits per heavy atom. The predicted molar refractivity (Wildman–Crippen MR) is 91.3 cm³/mol. The highest BCUT2D eigenvalue weighted by molar-refractivity contribution is 5.95. The number of carbonyl (C=O) groups excluding carboxylic acids is 2. The van der Waals surface area contributed by atoms with Gasteiger partial charge in [-0.15, -0.1) is 0 Å². The van der Waals surface area contributed by atoms with Crippen molar-refractivity contribution in [1.82, 2.24) is 0 Å². The van der Waals surface area contributed by atoms with E-state index in [0.29, 0.717) is 11.5 Å². The monoisotopic (exact) mass is 345 g/mol. The van der Waals surface area contributed by atoms with Gasteiger partial charge in [-0.1, -0.05) is 6.07 Å². The number of methoxy groups -OCH3 is 3. The first kappa shape index (κ1) is 18.1. The van der Waals surface area contributed by atoms with E-state index in [1.54, 1.807) is 18.2 Å². The molecule has 0 fully saturated rings. The van der Waals surface area contributed by atoms with Gasteiger partial charge >= 0.3 is 5.97 Å². The number of esters is 1. The van der Waals surface area contributed by atoms with Crippen LogP contribution >= 0.6 is 0 Å². The molecular weight excluding hydrogens is 326 g/mol. The maximum atomic E-state index is 12.2. The third kappa shape index (κ3) is 4.41. The van der Waals surface area contributed by atoms with E-state index in [0.717, 1.165) is 5.56 Å². The Morgan fingerprint density at radius 2 is 1.72 bits per heavy atom. The number of anilines is 1. The van der Waals surface area contributed by atoms with Crippen molar-refractivity contribution in [2.24, 2.45) is 0 Å². The zero-order chi connectivity index (χ0) is 18.4. The molecule has 0 bridgehead atoms. The van der Waals surface area contributed by atoms with E-state index in [1.807, 2.05) is 0 Å². The number of hydrogen-bond donors (Lipinski definition) is 2. The topological polar surface area (TPSA) is 94.1 Å². The Balaban J connectivity index is 2.09. The largest absolute Gasteiger partial charge is 0.506 e. The molecule has 1 amide bonds. The summed E-state index contributed by atoms with van der Waals surface area (Å²) >= 11 is 0. The first-order valence-electron chi connectivity index (χ1n) is 7.40. The Bertz CT molecular complexity index is 787. The number of hydrogen-bond acceptors (Lipinski definition) is 6. The van der Waals surface area contributed by atoms with Gasteiger partial charge in [0.15, 0.2) is 11.5 Å². The molecule has 0 aliphatic rings. The van der Waals surface area contributed by atoms with Crippen LogP contribution in [-0.2, 0) is 16.0 Å². The molecule has 0 saturated carbocycles. The molecule has 2 N–H and O–H groups in total. The van der Waals surface area contributed by atoms with Crippen LogP contribution in [0.1, 0.15) is 15.9 Å². The van der Waals surface area contributed by atoms with Gasteiger partial charge in [0, 0.05) is 0 Å². The Kier molecular flexibility index (Phi) is 5.84. The third-order valence-corrected chi connectivity index (χ3v) is 3.51. The molecule has 0 unspecified atom stereocenters. The van der Waals surface area contributed by atoms with Gasteiger partial charge in [0.1, 0.15) is 5.75 Å². The fourth-order valence-electron chi connectivity index (χ4n) is 2.25. The first-order valence-corrected chi connectivity index (χ1v) is 7.40. The van der Waals surface area contributed by atoms with Crippen LogP contribution < -0.4 is 14.8 Å². The zero-order valence-corrected chi connectivity index (χ0v) is 14.2. The van der Waals surface area contributed by atoms with Gasteiger partial charge in [0.05, 0.1) is 39.0 Å². The minimum absolute atomic E-state index is 0.0819. The van der Waals surface area contributed by atoms with Gasteiger partial charge in [0.25, 0.3) is 0 Å². The number of amides is 1. The molecule has 7 heteroatoms. The lowest BCUT2D eigenvalue weighted by Gasteiger charge is -2.11. The van der Waals surface area contributed by atoms with Crippen LogP contribution in [0.2, 0.25) is 0 Å². The number of carbonyl (C=O) groups is 2. The lowest BCUT2D eigenvalue weighted by atomic mass is 10.1. The second-order valence-corrected chi connectivity index (χ2v) is 5.14. The Labute approximate surface area is 145 Å². The van der Waals surface area contributed by atoms with Crippen LogP contribution in [0, 0.1) is 0 Å². The molecule has 132 valence electrons. The Morgan fingerprint density at radius 1 is 1.00 bits per heavy atom. The summed E-state index contributed by atoms with van der Waals surface area (Å²) in [7, 11) is 4.30. The van der Waals surface area contributed by atoms with Crippen molar-refractivity contribution >= 4 is 17.6 Å². The van der Waals surface area contributed by atoms with Gasteiger partial charge in [0.2, 0.25) is 5.91 Å². The fraction of sp³-hybridized carbons (Fsp3) is 0.222.